The molecule has 7 heteroatoms. The van der Waals surface area contributed by atoms with E-state index in [2.05, 4.69) is 15.0 Å². The van der Waals surface area contributed by atoms with Gasteiger partial charge < -0.3 is 15.7 Å². The highest BCUT2D eigenvalue weighted by molar-refractivity contribution is 7.94. The lowest BCUT2D eigenvalue weighted by molar-refractivity contribution is 0.490. The zero-order valence-corrected chi connectivity index (χ0v) is 15.1. The third-order valence-corrected chi connectivity index (χ3v) is 3.67. The molecule has 0 saturated carbocycles. The molecule has 0 saturated heterocycles. The van der Waals surface area contributed by atoms with Gasteiger partial charge in [0.2, 0.25) is 5.96 Å². The van der Waals surface area contributed by atoms with Gasteiger partial charge in [0, 0.05) is 22.9 Å². The van der Waals surface area contributed by atoms with Gasteiger partial charge in [-0.1, -0.05) is 26.0 Å². The summed E-state index contributed by atoms with van der Waals surface area (Å²) in [6, 6.07) is 8.00. The summed E-state index contributed by atoms with van der Waals surface area (Å²) >= 11 is 1.33. The van der Waals surface area contributed by atoms with Crippen molar-refractivity contribution in [2.75, 3.05) is 7.11 Å². The van der Waals surface area contributed by atoms with E-state index in [1.807, 2.05) is 45.0 Å². The van der Waals surface area contributed by atoms with Crippen LogP contribution in [0, 0.1) is 5.92 Å². The summed E-state index contributed by atoms with van der Waals surface area (Å²) in [7, 11) is 1.64. The van der Waals surface area contributed by atoms with Crippen LogP contribution < -0.4 is 11.5 Å². The number of nitrogens with zero attached hydrogens (tertiary/aromatic N) is 3. The number of rotatable bonds is 5. The second-order valence-corrected chi connectivity index (χ2v) is 6.30. The molecule has 1 aromatic rings. The fraction of sp³-hybridized carbons (Fsp3) is 0.438. The van der Waals surface area contributed by atoms with Crippen molar-refractivity contribution in [1.82, 2.24) is 0 Å². The minimum Gasteiger partial charge on any atom is -0.387 e. The average molecular weight is 335 g/mol. The van der Waals surface area contributed by atoms with Gasteiger partial charge >= 0.3 is 0 Å². The van der Waals surface area contributed by atoms with Gasteiger partial charge in [-0.25, -0.2) is 4.99 Å². The first-order valence-electron chi connectivity index (χ1n) is 7.36. The van der Waals surface area contributed by atoms with Crippen molar-refractivity contribution < 1.29 is 4.18 Å². The van der Waals surface area contributed by atoms with Crippen LogP contribution in [-0.4, -0.2) is 24.7 Å². The molecule has 0 aliphatic carbocycles. The first kappa shape index (κ1) is 19.2. The zero-order valence-electron chi connectivity index (χ0n) is 14.3. The van der Waals surface area contributed by atoms with Gasteiger partial charge in [-0.15, -0.1) is 0 Å². The first-order chi connectivity index (χ1) is 10.8. The molecule has 4 N–H and O–H groups in total. The van der Waals surface area contributed by atoms with E-state index in [0.717, 1.165) is 10.5 Å². The highest BCUT2D eigenvalue weighted by Gasteiger charge is 2.05. The van der Waals surface area contributed by atoms with E-state index in [0.29, 0.717) is 11.7 Å². The molecule has 23 heavy (non-hydrogen) atoms. The van der Waals surface area contributed by atoms with Crippen LogP contribution in [0.15, 0.2) is 44.1 Å². The van der Waals surface area contributed by atoms with Crippen molar-refractivity contribution in [3.8, 4) is 0 Å². The van der Waals surface area contributed by atoms with Crippen molar-refractivity contribution in [3.63, 3.8) is 0 Å². The average Bonchev–Trinajstić information content (AvgIpc) is 2.47. The molecule has 0 aliphatic heterocycles. The van der Waals surface area contributed by atoms with Crippen LogP contribution in [0.4, 0.5) is 0 Å². The Labute approximate surface area is 142 Å². The Bertz CT molecular complexity index is 593. The second-order valence-electron chi connectivity index (χ2n) is 5.33. The smallest absolute Gasteiger partial charge is 0.223 e. The molecule has 1 unspecified atom stereocenters. The Balaban J connectivity index is 2.82. The lowest BCUT2D eigenvalue weighted by atomic mass is 10.1. The third kappa shape index (κ3) is 6.83. The predicted octanol–water partition coefficient (Wildman–Crippen LogP) is 3.15. The van der Waals surface area contributed by atoms with Crippen LogP contribution in [0.1, 0.15) is 39.3 Å². The van der Waals surface area contributed by atoms with E-state index < -0.39 is 0 Å². The summed E-state index contributed by atoms with van der Waals surface area (Å²) in [5, 5.41) is 0. The van der Waals surface area contributed by atoms with Crippen LogP contribution in [0.3, 0.4) is 0 Å². The molecule has 1 rings (SSSR count). The van der Waals surface area contributed by atoms with Crippen LogP contribution in [0.2, 0.25) is 0 Å². The second kappa shape index (κ2) is 9.32. The number of nitrogens with two attached hydrogens (primary N) is 2. The maximum absolute atomic E-state index is 5.77. The summed E-state index contributed by atoms with van der Waals surface area (Å²) in [5.74, 6) is 1.27. The van der Waals surface area contributed by atoms with Crippen molar-refractivity contribution in [3.05, 3.63) is 29.8 Å². The minimum absolute atomic E-state index is 0.0282. The Morgan fingerprint density at radius 2 is 1.70 bits per heavy atom. The van der Waals surface area contributed by atoms with Crippen molar-refractivity contribution >= 4 is 29.7 Å². The molecule has 0 amide bonds. The molecule has 0 bridgehead atoms. The maximum atomic E-state index is 5.77. The van der Waals surface area contributed by atoms with E-state index in [4.69, 9.17) is 15.7 Å². The molecule has 0 radical (unpaired) electrons. The molecule has 1 atom stereocenters. The summed E-state index contributed by atoms with van der Waals surface area (Å²) < 4.78 is 5.02. The highest BCUT2D eigenvalue weighted by Crippen LogP contribution is 2.22. The predicted molar refractivity (Wildman–Crippen MR) is 98.9 cm³/mol. The molecule has 0 fully saturated rings. The topological polar surface area (TPSA) is 98.3 Å². The summed E-state index contributed by atoms with van der Waals surface area (Å²) in [4.78, 5) is 13.8. The SMILES string of the molecule is COSc1ccc(C(C)N=C(C)N=C(N)/N=C(\N)C(C)C)cc1. The fourth-order valence-corrected chi connectivity index (χ4v) is 2.17. The molecule has 0 aromatic heterocycles. The molecular weight excluding hydrogens is 310 g/mol. The molecule has 6 nitrogen and oxygen atoms in total. The normalized spacial score (nSPS) is 15.1. The first-order valence-corrected chi connectivity index (χ1v) is 8.10. The number of amidine groups is 2. The third-order valence-electron chi connectivity index (χ3n) is 3.03. The largest absolute Gasteiger partial charge is 0.387 e. The van der Waals surface area contributed by atoms with E-state index in [1.165, 1.54) is 12.0 Å². The monoisotopic (exact) mass is 335 g/mol. The van der Waals surface area contributed by atoms with E-state index in [1.54, 1.807) is 14.0 Å². The van der Waals surface area contributed by atoms with Gasteiger partial charge in [-0.05, 0) is 31.5 Å². The Kier molecular flexibility index (Phi) is 7.77. The van der Waals surface area contributed by atoms with E-state index >= 15 is 0 Å². The molecular formula is C16H25N5OS. The molecule has 0 aliphatic rings. The van der Waals surface area contributed by atoms with E-state index in [-0.39, 0.29) is 17.9 Å². The standard InChI is InChI=1S/C16H25N5OS/c1-10(2)15(17)21-16(18)20-12(4)19-11(3)13-6-8-14(9-7-13)23-22-5/h6-11H,1-5H3,(H4,17,18,19,20,21). The summed E-state index contributed by atoms with van der Waals surface area (Å²) in [5.41, 5.74) is 12.6. The van der Waals surface area contributed by atoms with Gasteiger partial charge in [-0.2, -0.15) is 4.99 Å². The molecule has 1 aromatic carbocycles. The van der Waals surface area contributed by atoms with Gasteiger partial charge in [0.05, 0.1) is 13.2 Å². The lowest BCUT2D eigenvalue weighted by Crippen LogP contribution is -2.23. The molecule has 0 heterocycles. The zero-order chi connectivity index (χ0) is 17.4. The van der Waals surface area contributed by atoms with Crippen molar-refractivity contribution in [2.24, 2.45) is 32.4 Å². The number of hydrogen-bond donors (Lipinski definition) is 2. The van der Waals surface area contributed by atoms with Gasteiger partial charge in [0.15, 0.2) is 0 Å². The van der Waals surface area contributed by atoms with Crippen molar-refractivity contribution in [1.29, 1.82) is 0 Å². The Morgan fingerprint density at radius 3 is 2.22 bits per heavy atom. The number of aliphatic imine (C=N–C) groups is 3. The van der Waals surface area contributed by atoms with Gasteiger partial charge in [0.25, 0.3) is 0 Å². The van der Waals surface area contributed by atoms with Gasteiger partial charge in [0.1, 0.15) is 11.7 Å². The fourth-order valence-electron chi connectivity index (χ4n) is 1.73. The molecule has 0 spiro atoms. The highest BCUT2D eigenvalue weighted by atomic mass is 32.2. The lowest BCUT2D eigenvalue weighted by Gasteiger charge is -2.08. The van der Waals surface area contributed by atoms with Crippen LogP contribution >= 0.6 is 12.0 Å². The summed E-state index contributed by atoms with van der Waals surface area (Å²) in [6.07, 6.45) is 0. The maximum Gasteiger partial charge on any atom is 0.223 e. The van der Waals surface area contributed by atoms with Crippen LogP contribution in [0.25, 0.3) is 0 Å². The van der Waals surface area contributed by atoms with Crippen LogP contribution in [0.5, 0.6) is 0 Å². The van der Waals surface area contributed by atoms with Crippen molar-refractivity contribution in [2.45, 2.75) is 38.6 Å². The number of guanidine groups is 1. The molecule has 126 valence electrons. The Morgan fingerprint density at radius 1 is 1.09 bits per heavy atom. The number of benzene rings is 1. The van der Waals surface area contributed by atoms with Gasteiger partial charge in [-0.3, -0.25) is 4.99 Å². The Hall–Kier alpha value is -1.86. The van der Waals surface area contributed by atoms with Crippen LogP contribution in [-0.2, 0) is 4.18 Å². The quantitative estimate of drug-likeness (QED) is 0.490. The summed E-state index contributed by atoms with van der Waals surface area (Å²) in [6.45, 7) is 7.68. The number of hydrogen-bond acceptors (Lipinski definition) is 3. The van der Waals surface area contributed by atoms with E-state index in [9.17, 15) is 0 Å². The minimum atomic E-state index is -0.0282.